The van der Waals surface area contributed by atoms with E-state index in [1.54, 1.807) is 24.3 Å². The molecule has 1 aromatic carbocycles. The third-order valence-corrected chi connectivity index (χ3v) is 2.24. The van der Waals surface area contributed by atoms with Gasteiger partial charge in [0.15, 0.2) is 0 Å². The largest absolute Gasteiger partial charge is 0.497 e. The van der Waals surface area contributed by atoms with Crippen LogP contribution in [0.2, 0.25) is 0 Å². The molecule has 0 saturated carbocycles. The predicted octanol–water partition coefficient (Wildman–Crippen LogP) is 1.50. The third kappa shape index (κ3) is 4.45. The second-order valence-corrected chi connectivity index (χ2v) is 4.33. The number of carbonyl (C=O) groups excluding carboxylic acids is 2. The van der Waals surface area contributed by atoms with Crippen molar-refractivity contribution in [1.29, 1.82) is 0 Å². The second-order valence-electron chi connectivity index (χ2n) is 4.33. The Labute approximate surface area is 106 Å². The average molecular weight is 250 g/mol. The van der Waals surface area contributed by atoms with Crippen LogP contribution in [0.5, 0.6) is 5.75 Å². The number of carbonyl (C=O) groups is 2. The van der Waals surface area contributed by atoms with Gasteiger partial charge in [0, 0.05) is 12.0 Å². The molecule has 0 unspecified atom stereocenters. The molecule has 5 nitrogen and oxygen atoms in total. The van der Waals surface area contributed by atoms with Crippen LogP contribution in [0.25, 0.3) is 0 Å². The highest BCUT2D eigenvalue weighted by atomic mass is 16.5. The van der Waals surface area contributed by atoms with E-state index in [1.165, 1.54) is 7.11 Å². The van der Waals surface area contributed by atoms with E-state index in [9.17, 15) is 9.59 Å². The van der Waals surface area contributed by atoms with Gasteiger partial charge in [-0.1, -0.05) is 19.9 Å². The lowest BCUT2D eigenvalue weighted by Gasteiger charge is -2.09. The van der Waals surface area contributed by atoms with Gasteiger partial charge in [0.05, 0.1) is 7.11 Å². The summed E-state index contributed by atoms with van der Waals surface area (Å²) in [5.41, 5.74) is 5.16. The SMILES string of the molecule is COc1cccc(C(=O)NNC(=O)CC(C)C)c1. The van der Waals surface area contributed by atoms with Crippen LogP contribution in [0.1, 0.15) is 30.6 Å². The Balaban J connectivity index is 2.52. The highest BCUT2D eigenvalue weighted by Gasteiger charge is 2.09. The fourth-order valence-corrected chi connectivity index (χ4v) is 1.38. The fraction of sp³-hybridized carbons (Fsp3) is 0.385. The van der Waals surface area contributed by atoms with E-state index in [0.717, 1.165) is 0 Å². The van der Waals surface area contributed by atoms with Crippen molar-refractivity contribution in [2.75, 3.05) is 7.11 Å². The van der Waals surface area contributed by atoms with Gasteiger partial charge in [0.2, 0.25) is 5.91 Å². The summed E-state index contributed by atoms with van der Waals surface area (Å²) >= 11 is 0. The molecule has 0 saturated heterocycles. The van der Waals surface area contributed by atoms with E-state index < -0.39 is 0 Å². The molecule has 98 valence electrons. The zero-order valence-corrected chi connectivity index (χ0v) is 10.8. The number of nitrogens with one attached hydrogen (secondary N) is 2. The molecule has 0 fully saturated rings. The van der Waals surface area contributed by atoms with Crippen molar-refractivity contribution in [2.45, 2.75) is 20.3 Å². The molecule has 0 aromatic heterocycles. The second kappa shape index (κ2) is 6.64. The third-order valence-electron chi connectivity index (χ3n) is 2.24. The van der Waals surface area contributed by atoms with E-state index in [4.69, 9.17) is 4.74 Å². The molecule has 0 aliphatic carbocycles. The Morgan fingerprint density at radius 2 is 2.00 bits per heavy atom. The summed E-state index contributed by atoms with van der Waals surface area (Å²) in [5, 5.41) is 0. The molecule has 2 N–H and O–H groups in total. The first-order chi connectivity index (χ1) is 8.52. The number of amides is 2. The Bertz CT molecular complexity index is 430. The number of hydrazine groups is 1. The minimum atomic E-state index is -0.369. The zero-order chi connectivity index (χ0) is 13.5. The van der Waals surface area contributed by atoms with Gasteiger partial charge in [0.25, 0.3) is 5.91 Å². The van der Waals surface area contributed by atoms with Crippen LogP contribution >= 0.6 is 0 Å². The topological polar surface area (TPSA) is 67.4 Å². The molecule has 1 rings (SSSR count). The smallest absolute Gasteiger partial charge is 0.269 e. The standard InChI is InChI=1S/C13H18N2O3/c1-9(2)7-12(16)14-15-13(17)10-5-4-6-11(8-10)18-3/h4-6,8-9H,7H2,1-3H3,(H,14,16)(H,15,17). The summed E-state index contributed by atoms with van der Waals surface area (Å²) in [6, 6.07) is 6.70. The van der Waals surface area contributed by atoms with Gasteiger partial charge in [-0.25, -0.2) is 0 Å². The highest BCUT2D eigenvalue weighted by molar-refractivity contribution is 5.95. The lowest BCUT2D eigenvalue weighted by Crippen LogP contribution is -2.41. The van der Waals surface area contributed by atoms with E-state index in [1.807, 2.05) is 13.8 Å². The van der Waals surface area contributed by atoms with Crippen LogP contribution in [-0.2, 0) is 4.79 Å². The van der Waals surface area contributed by atoms with Crippen molar-refractivity contribution in [3.8, 4) is 5.75 Å². The summed E-state index contributed by atoms with van der Waals surface area (Å²) in [7, 11) is 1.53. The number of rotatable bonds is 4. The van der Waals surface area contributed by atoms with Gasteiger partial charge in [0.1, 0.15) is 5.75 Å². The van der Waals surface area contributed by atoms with Crippen molar-refractivity contribution in [1.82, 2.24) is 10.9 Å². The molecule has 18 heavy (non-hydrogen) atoms. The lowest BCUT2D eigenvalue weighted by atomic mass is 10.1. The molecule has 2 amide bonds. The van der Waals surface area contributed by atoms with E-state index in [0.29, 0.717) is 17.7 Å². The molecule has 5 heteroatoms. The average Bonchev–Trinajstić information content (AvgIpc) is 2.35. The lowest BCUT2D eigenvalue weighted by molar-refractivity contribution is -0.122. The summed E-state index contributed by atoms with van der Waals surface area (Å²) in [5.74, 6) is 0.266. The van der Waals surface area contributed by atoms with Gasteiger partial charge >= 0.3 is 0 Å². The Hall–Kier alpha value is -2.04. The highest BCUT2D eigenvalue weighted by Crippen LogP contribution is 2.11. The normalized spacial score (nSPS) is 10.0. The van der Waals surface area contributed by atoms with Crippen molar-refractivity contribution < 1.29 is 14.3 Å². The molecular formula is C13H18N2O3. The first kappa shape index (κ1) is 14.0. The van der Waals surface area contributed by atoms with Gasteiger partial charge < -0.3 is 4.74 Å². The van der Waals surface area contributed by atoms with Crippen molar-refractivity contribution in [3.05, 3.63) is 29.8 Å². The zero-order valence-electron chi connectivity index (χ0n) is 10.8. The van der Waals surface area contributed by atoms with E-state index in [-0.39, 0.29) is 17.7 Å². The minimum Gasteiger partial charge on any atom is -0.497 e. The molecular weight excluding hydrogens is 232 g/mol. The minimum absolute atomic E-state index is 0.207. The molecule has 0 atom stereocenters. The Morgan fingerprint density at radius 1 is 1.28 bits per heavy atom. The van der Waals surface area contributed by atoms with Crippen molar-refractivity contribution in [3.63, 3.8) is 0 Å². The maximum Gasteiger partial charge on any atom is 0.269 e. The summed E-state index contributed by atoms with van der Waals surface area (Å²) < 4.78 is 5.02. The van der Waals surface area contributed by atoms with E-state index in [2.05, 4.69) is 10.9 Å². The Kier molecular flexibility index (Phi) is 5.17. The van der Waals surface area contributed by atoms with Crippen molar-refractivity contribution in [2.24, 2.45) is 5.92 Å². The monoisotopic (exact) mass is 250 g/mol. The molecule has 0 spiro atoms. The molecule has 0 aliphatic rings. The van der Waals surface area contributed by atoms with Gasteiger partial charge in [-0.15, -0.1) is 0 Å². The molecule has 0 radical (unpaired) electrons. The van der Waals surface area contributed by atoms with Crippen LogP contribution in [0, 0.1) is 5.92 Å². The van der Waals surface area contributed by atoms with Gasteiger partial charge in [-0.3, -0.25) is 20.4 Å². The summed E-state index contributed by atoms with van der Waals surface area (Å²) in [4.78, 5) is 23.1. The van der Waals surface area contributed by atoms with E-state index >= 15 is 0 Å². The molecule has 0 aliphatic heterocycles. The summed E-state index contributed by atoms with van der Waals surface area (Å²) in [6.07, 6.45) is 0.373. The van der Waals surface area contributed by atoms with Crippen molar-refractivity contribution >= 4 is 11.8 Å². The van der Waals surface area contributed by atoms with Crippen LogP contribution in [-0.4, -0.2) is 18.9 Å². The Morgan fingerprint density at radius 3 is 2.61 bits per heavy atom. The number of hydrogen-bond donors (Lipinski definition) is 2. The number of benzene rings is 1. The van der Waals surface area contributed by atoms with Gasteiger partial charge in [-0.05, 0) is 24.1 Å². The molecule has 1 aromatic rings. The fourth-order valence-electron chi connectivity index (χ4n) is 1.38. The first-order valence-electron chi connectivity index (χ1n) is 5.76. The predicted molar refractivity (Wildman–Crippen MR) is 68.1 cm³/mol. The quantitative estimate of drug-likeness (QED) is 0.796. The van der Waals surface area contributed by atoms with Crippen LogP contribution in [0.15, 0.2) is 24.3 Å². The number of methoxy groups -OCH3 is 1. The first-order valence-corrected chi connectivity index (χ1v) is 5.76. The molecule has 0 heterocycles. The van der Waals surface area contributed by atoms with Crippen LogP contribution in [0.3, 0.4) is 0 Å². The summed E-state index contributed by atoms with van der Waals surface area (Å²) in [6.45, 7) is 3.87. The van der Waals surface area contributed by atoms with Crippen LogP contribution < -0.4 is 15.6 Å². The van der Waals surface area contributed by atoms with Gasteiger partial charge in [-0.2, -0.15) is 0 Å². The number of ether oxygens (including phenoxy) is 1. The van der Waals surface area contributed by atoms with Crippen LogP contribution in [0.4, 0.5) is 0 Å². The number of hydrogen-bond acceptors (Lipinski definition) is 3. The maximum absolute atomic E-state index is 11.7. The maximum atomic E-state index is 11.7. The molecule has 0 bridgehead atoms.